The molecule has 3 aromatic carbocycles. The molecule has 6 rings (SSSR count). The van der Waals surface area contributed by atoms with Crippen LogP contribution in [0.2, 0.25) is 0 Å². The number of fused-ring (bicyclic) bond motifs is 3. The normalized spacial score (nSPS) is 10.9. The van der Waals surface area contributed by atoms with Gasteiger partial charge < -0.3 is 9.55 Å². The zero-order chi connectivity index (χ0) is 24.9. The molecule has 1 aliphatic rings. The van der Waals surface area contributed by atoms with E-state index in [0.717, 1.165) is 46.7 Å². The molecule has 6 heteroatoms. The van der Waals surface area contributed by atoms with Gasteiger partial charge in [-0.05, 0) is 35.7 Å². The van der Waals surface area contributed by atoms with E-state index in [1.54, 1.807) is 12.1 Å². The molecule has 3 heterocycles. The quantitative estimate of drug-likeness (QED) is 0.196. The van der Waals surface area contributed by atoms with Gasteiger partial charge in [0.1, 0.15) is 5.69 Å². The predicted molar refractivity (Wildman–Crippen MR) is 140 cm³/mol. The summed E-state index contributed by atoms with van der Waals surface area (Å²) in [5.74, 6) is 1.06. The minimum atomic E-state index is 0. The van der Waals surface area contributed by atoms with Crippen LogP contribution in [0.25, 0.3) is 38.6 Å². The van der Waals surface area contributed by atoms with Crippen LogP contribution in [0, 0.1) is 37.0 Å². The van der Waals surface area contributed by atoms with Crippen molar-refractivity contribution in [3.63, 3.8) is 0 Å². The van der Waals surface area contributed by atoms with E-state index in [9.17, 15) is 0 Å². The summed E-state index contributed by atoms with van der Waals surface area (Å²) >= 11 is 0. The fourth-order valence-electron chi connectivity index (χ4n) is 4.28. The summed E-state index contributed by atoms with van der Waals surface area (Å²) in [6, 6.07) is 29.7. The van der Waals surface area contributed by atoms with Gasteiger partial charge >= 0.3 is 0 Å². The summed E-state index contributed by atoms with van der Waals surface area (Å²) in [5.41, 5.74) is 7.95. The van der Waals surface area contributed by atoms with E-state index in [0.29, 0.717) is 11.3 Å². The number of benzene rings is 3. The fourth-order valence-corrected chi connectivity index (χ4v) is 4.28. The zero-order valence-electron chi connectivity index (χ0n) is 20.1. The maximum atomic E-state index is 8.99. The number of hydrogen-bond donors (Lipinski definition) is 0. The molecule has 37 heavy (non-hydrogen) atoms. The predicted octanol–water partition coefficient (Wildman–Crippen LogP) is 6.85. The van der Waals surface area contributed by atoms with Gasteiger partial charge in [-0.25, -0.2) is 5.26 Å². The van der Waals surface area contributed by atoms with Crippen LogP contribution in [0.15, 0.2) is 85.3 Å². The van der Waals surface area contributed by atoms with Crippen molar-refractivity contribution in [2.75, 3.05) is 0 Å². The molecule has 0 N–H and O–H groups in total. The molecule has 0 saturated heterocycles. The van der Waals surface area contributed by atoms with E-state index < -0.39 is 0 Å². The molecule has 0 saturated carbocycles. The Balaban J connectivity index is 0.000000193. The van der Waals surface area contributed by atoms with Gasteiger partial charge in [0.25, 0.3) is 0 Å². The second-order valence-electron chi connectivity index (χ2n) is 8.38. The van der Waals surface area contributed by atoms with Gasteiger partial charge in [-0.3, -0.25) is 9.83 Å². The number of nitrogens with zero attached hydrogens (tertiary/aromatic N) is 5. The molecule has 0 fully saturated rings. The molecule has 0 spiro atoms. The number of aryl methyl sites for hydroxylation is 3. The van der Waals surface area contributed by atoms with Crippen LogP contribution < -0.4 is 0 Å². The van der Waals surface area contributed by atoms with Gasteiger partial charge in [-0.2, -0.15) is 0 Å². The summed E-state index contributed by atoms with van der Waals surface area (Å²) in [7, 11) is 0. The summed E-state index contributed by atoms with van der Waals surface area (Å²) in [6.45, 7) is 10.3. The van der Waals surface area contributed by atoms with Gasteiger partial charge in [0.2, 0.25) is 0 Å². The number of rotatable bonds is 2. The van der Waals surface area contributed by atoms with Crippen molar-refractivity contribution in [2.24, 2.45) is 0 Å². The third-order valence-corrected chi connectivity index (χ3v) is 6.15. The van der Waals surface area contributed by atoms with Crippen LogP contribution in [0.1, 0.15) is 16.7 Å². The molecule has 5 nitrogen and oxygen atoms in total. The maximum absolute atomic E-state index is 8.99. The Hall–Kier alpha value is -4.35. The van der Waals surface area contributed by atoms with Crippen LogP contribution >= 0.6 is 0 Å². The number of imidazole rings is 1. The molecule has 0 amide bonds. The third-order valence-electron chi connectivity index (χ3n) is 6.15. The first-order chi connectivity index (χ1) is 17.7. The van der Waals surface area contributed by atoms with Gasteiger partial charge in [0.15, 0.2) is 0 Å². The second kappa shape index (κ2) is 11.6. The van der Waals surface area contributed by atoms with Crippen LogP contribution in [0.3, 0.4) is 0 Å². The summed E-state index contributed by atoms with van der Waals surface area (Å²) in [6.07, 6.45) is 6.81. The van der Waals surface area contributed by atoms with Gasteiger partial charge in [0.05, 0.1) is 12.4 Å². The molecule has 5 aromatic rings. The van der Waals surface area contributed by atoms with E-state index in [-0.39, 0.29) is 20.1 Å². The SMILES string of the molecule is [C-]#[N+]c1cc(-c2cc(C)c(-c3ccccc3)cn2)[c-]cc1C#N.[Ir].[c-]1cccc2c1-c1nccn1CC2. The summed E-state index contributed by atoms with van der Waals surface area (Å²) < 4.78 is 2.18. The minimum absolute atomic E-state index is 0. The van der Waals surface area contributed by atoms with Crippen molar-refractivity contribution in [3.05, 3.63) is 126 Å². The number of pyridine rings is 1. The molecule has 0 bridgehead atoms. The Morgan fingerprint density at radius 2 is 1.92 bits per heavy atom. The molecule has 0 atom stereocenters. The van der Waals surface area contributed by atoms with Crippen LogP contribution in [0.4, 0.5) is 5.69 Å². The van der Waals surface area contributed by atoms with Crippen molar-refractivity contribution in [3.8, 4) is 39.8 Å². The largest absolute Gasteiger partial charge is 0.371 e. The van der Waals surface area contributed by atoms with E-state index in [4.69, 9.17) is 11.8 Å². The molecule has 2 aromatic heterocycles. The van der Waals surface area contributed by atoms with Crippen LogP contribution in [0.5, 0.6) is 0 Å². The molecule has 1 aliphatic heterocycles. The van der Waals surface area contributed by atoms with Crippen molar-refractivity contribution >= 4 is 5.69 Å². The van der Waals surface area contributed by atoms with E-state index in [1.807, 2.05) is 68.0 Å². The molecular weight excluding hydrogens is 635 g/mol. The van der Waals surface area contributed by atoms with E-state index in [2.05, 4.69) is 49.7 Å². The Morgan fingerprint density at radius 3 is 2.68 bits per heavy atom. The number of nitriles is 1. The van der Waals surface area contributed by atoms with Crippen LogP contribution in [-0.2, 0) is 33.1 Å². The van der Waals surface area contributed by atoms with Gasteiger partial charge in [0, 0.05) is 56.9 Å². The first kappa shape index (κ1) is 25.7. The summed E-state index contributed by atoms with van der Waals surface area (Å²) in [5, 5.41) is 8.99. The van der Waals surface area contributed by atoms with Crippen molar-refractivity contribution < 1.29 is 20.1 Å². The van der Waals surface area contributed by atoms with E-state index in [1.165, 1.54) is 11.1 Å². The Bertz CT molecular complexity index is 1620. The van der Waals surface area contributed by atoms with E-state index >= 15 is 0 Å². The van der Waals surface area contributed by atoms with Crippen LogP contribution in [-0.4, -0.2) is 14.5 Å². The van der Waals surface area contributed by atoms with Crippen molar-refractivity contribution in [2.45, 2.75) is 19.9 Å². The molecule has 1 radical (unpaired) electrons. The van der Waals surface area contributed by atoms with Crippen molar-refractivity contribution in [1.82, 2.24) is 14.5 Å². The molecular formula is C31H21IrN5-2. The third kappa shape index (κ3) is 5.42. The summed E-state index contributed by atoms with van der Waals surface area (Å²) in [4.78, 5) is 12.2. The topological polar surface area (TPSA) is 58.9 Å². The minimum Gasteiger partial charge on any atom is -0.371 e. The molecule has 0 aliphatic carbocycles. The standard InChI is InChI=1S/C20H12N3.C11H9N2.Ir/c1-14-10-20(16-8-9-17(12-21)19(11-16)22-2)23-13-18(14)15-6-4-3-5-7-15;1-2-4-10-9(3-1)5-7-13-8-6-12-11(10)13;/h3-7,9-11,13H,1H3;1-3,6,8H,5,7H2;/q2*-1;. The first-order valence-electron chi connectivity index (χ1n) is 11.5. The first-order valence-corrected chi connectivity index (χ1v) is 11.5. The average molecular weight is 656 g/mol. The van der Waals surface area contributed by atoms with Gasteiger partial charge in [-0.15, -0.1) is 59.2 Å². The fraction of sp³-hybridized carbons (Fsp3) is 0.0968. The average Bonchev–Trinajstić information content (AvgIpc) is 3.43. The number of hydrogen-bond acceptors (Lipinski definition) is 3. The molecule has 0 unspecified atom stereocenters. The Labute approximate surface area is 230 Å². The zero-order valence-corrected chi connectivity index (χ0v) is 22.5. The van der Waals surface area contributed by atoms with Gasteiger partial charge in [-0.1, -0.05) is 36.4 Å². The monoisotopic (exact) mass is 656 g/mol. The smallest absolute Gasteiger partial charge is 0.125 e. The Kier molecular flexibility index (Phi) is 8.06. The number of aromatic nitrogens is 3. The Morgan fingerprint density at radius 1 is 1.08 bits per heavy atom. The second-order valence-corrected chi connectivity index (χ2v) is 8.38. The molecule has 181 valence electrons. The maximum Gasteiger partial charge on any atom is 0.125 e. The van der Waals surface area contributed by atoms with Crippen molar-refractivity contribution in [1.29, 1.82) is 5.26 Å².